The van der Waals surface area contributed by atoms with Crippen molar-refractivity contribution in [3.63, 3.8) is 0 Å². The lowest BCUT2D eigenvalue weighted by Gasteiger charge is -2.18. The molecule has 0 aromatic heterocycles. The molecule has 0 fully saturated rings. The molecule has 152 valence electrons. The Bertz CT molecular complexity index is 928. The Labute approximate surface area is 166 Å². The molecular weight excluding hydrogens is 379 g/mol. The summed E-state index contributed by atoms with van der Waals surface area (Å²) in [5.74, 6) is 0.410. The zero-order valence-electron chi connectivity index (χ0n) is 16.4. The first kappa shape index (κ1) is 21.8. The van der Waals surface area contributed by atoms with Gasteiger partial charge in [-0.25, -0.2) is 17.9 Å². The van der Waals surface area contributed by atoms with Crippen LogP contribution in [0.15, 0.2) is 52.4 Å². The summed E-state index contributed by atoms with van der Waals surface area (Å²) in [6.45, 7) is 6.86. The first-order chi connectivity index (χ1) is 13.2. The van der Waals surface area contributed by atoms with Crippen LogP contribution in [0, 0.1) is 12.7 Å². The zero-order chi connectivity index (χ0) is 20.7. The number of nitrogens with two attached hydrogens (primary N) is 1. The molecule has 0 heterocycles. The Balaban J connectivity index is 2.00. The van der Waals surface area contributed by atoms with Gasteiger partial charge in [-0.1, -0.05) is 24.3 Å². The maximum Gasteiger partial charge on any atom is 0.238 e. The molecule has 1 unspecified atom stereocenters. The molecule has 0 radical (unpaired) electrons. The van der Waals surface area contributed by atoms with E-state index in [1.165, 1.54) is 18.2 Å². The van der Waals surface area contributed by atoms with Crippen molar-refractivity contribution in [2.24, 2.45) is 10.1 Å². The average Bonchev–Trinajstić information content (AvgIpc) is 2.63. The van der Waals surface area contributed by atoms with Crippen molar-refractivity contribution in [1.82, 2.24) is 10.6 Å². The van der Waals surface area contributed by atoms with Crippen molar-refractivity contribution in [2.75, 3.05) is 13.1 Å². The number of nitrogens with one attached hydrogen (secondary N) is 2. The van der Waals surface area contributed by atoms with Gasteiger partial charge in [0.25, 0.3) is 0 Å². The van der Waals surface area contributed by atoms with E-state index in [-0.39, 0.29) is 16.8 Å². The molecular formula is C20H27FN4O2S. The van der Waals surface area contributed by atoms with Gasteiger partial charge in [0.1, 0.15) is 5.82 Å². The van der Waals surface area contributed by atoms with Gasteiger partial charge in [-0.15, -0.1) is 0 Å². The van der Waals surface area contributed by atoms with E-state index < -0.39 is 10.0 Å². The number of primary sulfonamides is 1. The fourth-order valence-electron chi connectivity index (χ4n) is 2.63. The summed E-state index contributed by atoms with van der Waals surface area (Å²) in [5, 5.41) is 11.5. The van der Waals surface area contributed by atoms with Gasteiger partial charge in [0, 0.05) is 13.1 Å². The molecule has 2 aromatic carbocycles. The van der Waals surface area contributed by atoms with Crippen LogP contribution < -0.4 is 15.8 Å². The van der Waals surface area contributed by atoms with Crippen LogP contribution in [0.25, 0.3) is 0 Å². The van der Waals surface area contributed by atoms with Crippen molar-refractivity contribution in [2.45, 2.75) is 38.1 Å². The molecule has 0 aliphatic carbocycles. The van der Waals surface area contributed by atoms with Crippen LogP contribution in [0.2, 0.25) is 0 Å². The molecule has 28 heavy (non-hydrogen) atoms. The number of benzene rings is 2. The zero-order valence-corrected chi connectivity index (χ0v) is 17.2. The Morgan fingerprint density at radius 3 is 2.46 bits per heavy atom. The molecule has 0 aliphatic rings. The second kappa shape index (κ2) is 9.66. The van der Waals surface area contributed by atoms with Gasteiger partial charge in [0.05, 0.1) is 10.9 Å². The van der Waals surface area contributed by atoms with Gasteiger partial charge >= 0.3 is 0 Å². The lowest BCUT2D eigenvalue weighted by molar-refractivity contribution is 0.597. The highest BCUT2D eigenvalue weighted by Crippen LogP contribution is 2.16. The number of aryl methyl sites for hydroxylation is 1. The second-order valence-corrected chi connectivity index (χ2v) is 8.14. The van der Waals surface area contributed by atoms with E-state index in [4.69, 9.17) is 5.14 Å². The molecule has 4 N–H and O–H groups in total. The quantitative estimate of drug-likeness (QED) is 0.486. The number of rotatable bonds is 7. The first-order valence-corrected chi connectivity index (χ1v) is 10.7. The topological polar surface area (TPSA) is 96.6 Å². The van der Waals surface area contributed by atoms with Crippen LogP contribution >= 0.6 is 0 Å². The molecule has 8 heteroatoms. The van der Waals surface area contributed by atoms with E-state index in [1.807, 2.05) is 19.9 Å². The monoisotopic (exact) mass is 406 g/mol. The van der Waals surface area contributed by atoms with Crippen molar-refractivity contribution in [1.29, 1.82) is 0 Å². The smallest absolute Gasteiger partial charge is 0.238 e. The summed E-state index contributed by atoms with van der Waals surface area (Å²) < 4.78 is 36.4. The molecule has 0 bridgehead atoms. The third-order valence-corrected chi connectivity index (χ3v) is 5.24. The standard InChI is InChI=1S/C20H27FN4O2S/c1-4-23-20(25-15(3)17-8-5-14(2)19(21)13-17)24-12-11-16-6-9-18(10-7-16)28(22,26)27/h5-10,13,15H,4,11-12H2,1-3H3,(H2,22,26,27)(H2,23,24,25). The van der Waals surface area contributed by atoms with Crippen LogP contribution in [0.3, 0.4) is 0 Å². The van der Waals surface area contributed by atoms with Crippen molar-refractivity contribution in [3.8, 4) is 0 Å². The highest BCUT2D eigenvalue weighted by Gasteiger charge is 2.10. The highest BCUT2D eigenvalue weighted by molar-refractivity contribution is 7.89. The third kappa shape index (κ3) is 6.31. The average molecular weight is 407 g/mol. The predicted molar refractivity (Wildman–Crippen MR) is 110 cm³/mol. The lowest BCUT2D eigenvalue weighted by atomic mass is 10.1. The van der Waals surface area contributed by atoms with Crippen molar-refractivity contribution in [3.05, 3.63) is 65.0 Å². The second-order valence-electron chi connectivity index (χ2n) is 6.57. The van der Waals surface area contributed by atoms with E-state index in [2.05, 4.69) is 15.6 Å². The molecule has 6 nitrogen and oxygen atoms in total. The highest BCUT2D eigenvalue weighted by atomic mass is 32.2. The van der Waals surface area contributed by atoms with Gasteiger partial charge in [0.2, 0.25) is 10.0 Å². The third-order valence-electron chi connectivity index (χ3n) is 4.32. The van der Waals surface area contributed by atoms with Gasteiger partial charge < -0.3 is 10.6 Å². The van der Waals surface area contributed by atoms with E-state index in [1.54, 1.807) is 25.1 Å². The molecule has 2 rings (SSSR count). The minimum atomic E-state index is -3.68. The van der Waals surface area contributed by atoms with Gasteiger partial charge in [-0.05, 0) is 62.1 Å². The molecule has 0 aliphatic heterocycles. The Morgan fingerprint density at radius 1 is 1.21 bits per heavy atom. The largest absolute Gasteiger partial charge is 0.357 e. The minimum absolute atomic E-state index is 0.0916. The summed E-state index contributed by atoms with van der Waals surface area (Å²) >= 11 is 0. The number of hydrogen-bond donors (Lipinski definition) is 3. The number of halogens is 1. The first-order valence-electron chi connectivity index (χ1n) is 9.13. The van der Waals surface area contributed by atoms with Crippen LogP contribution in [0.4, 0.5) is 4.39 Å². The maximum absolute atomic E-state index is 13.8. The molecule has 0 saturated heterocycles. The predicted octanol–water partition coefficient (Wildman–Crippen LogP) is 2.64. The Hall–Kier alpha value is -2.45. The van der Waals surface area contributed by atoms with Crippen LogP contribution in [0.1, 0.15) is 36.6 Å². The summed E-state index contributed by atoms with van der Waals surface area (Å²) in [7, 11) is -3.68. The molecule has 0 saturated carbocycles. The van der Waals surface area contributed by atoms with E-state index in [0.29, 0.717) is 31.0 Å². The van der Waals surface area contributed by atoms with Gasteiger partial charge in [-0.2, -0.15) is 0 Å². The number of nitrogens with zero attached hydrogens (tertiary/aromatic N) is 1. The Morgan fingerprint density at radius 2 is 1.89 bits per heavy atom. The lowest BCUT2D eigenvalue weighted by Crippen LogP contribution is -2.38. The SMILES string of the molecule is CCNC(=NCCc1ccc(S(N)(=O)=O)cc1)NC(C)c1ccc(C)c(F)c1. The van der Waals surface area contributed by atoms with Gasteiger partial charge in [0.15, 0.2) is 5.96 Å². The normalized spacial score (nSPS) is 13.2. The summed E-state index contributed by atoms with van der Waals surface area (Å²) in [5.41, 5.74) is 2.41. The fourth-order valence-corrected chi connectivity index (χ4v) is 3.14. The molecule has 0 spiro atoms. The maximum atomic E-state index is 13.8. The van der Waals surface area contributed by atoms with Crippen molar-refractivity contribution < 1.29 is 12.8 Å². The number of guanidine groups is 1. The van der Waals surface area contributed by atoms with E-state index >= 15 is 0 Å². The van der Waals surface area contributed by atoms with Crippen LogP contribution in [0.5, 0.6) is 0 Å². The van der Waals surface area contributed by atoms with Crippen molar-refractivity contribution >= 4 is 16.0 Å². The van der Waals surface area contributed by atoms with E-state index in [9.17, 15) is 12.8 Å². The number of sulfonamides is 1. The van der Waals surface area contributed by atoms with Crippen LogP contribution in [-0.4, -0.2) is 27.5 Å². The van der Waals surface area contributed by atoms with Crippen LogP contribution in [-0.2, 0) is 16.4 Å². The summed E-state index contributed by atoms with van der Waals surface area (Å²) in [6.07, 6.45) is 0.648. The summed E-state index contributed by atoms with van der Waals surface area (Å²) in [6, 6.07) is 11.5. The molecule has 0 amide bonds. The Kier molecular flexibility index (Phi) is 7.53. The number of aliphatic imine (C=N–C) groups is 1. The van der Waals surface area contributed by atoms with E-state index in [0.717, 1.165) is 11.1 Å². The fraction of sp³-hybridized carbons (Fsp3) is 0.350. The summed E-state index contributed by atoms with van der Waals surface area (Å²) in [4.78, 5) is 4.63. The molecule has 2 aromatic rings. The van der Waals surface area contributed by atoms with Gasteiger partial charge in [-0.3, -0.25) is 4.99 Å². The minimum Gasteiger partial charge on any atom is -0.357 e. The molecule has 1 atom stereocenters. The number of hydrogen-bond acceptors (Lipinski definition) is 3.